The summed E-state index contributed by atoms with van der Waals surface area (Å²) in [4.78, 5) is 35.4. The first-order chi connectivity index (χ1) is 18.7. The minimum atomic E-state index is -3.02. The van der Waals surface area contributed by atoms with Crippen molar-refractivity contribution in [1.29, 1.82) is 0 Å². The second-order valence-electron chi connectivity index (χ2n) is 9.54. The molecule has 10 nitrogen and oxygen atoms in total. The van der Waals surface area contributed by atoms with E-state index in [4.69, 9.17) is 0 Å². The van der Waals surface area contributed by atoms with Crippen LogP contribution in [0.4, 0.5) is 14.7 Å². The van der Waals surface area contributed by atoms with Crippen LogP contribution >= 0.6 is 0 Å². The first-order valence-corrected chi connectivity index (χ1v) is 12.4. The molecule has 1 saturated heterocycles. The van der Waals surface area contributed by atoms with Crippen molar-refractivity contribution in [3.63, 3.8) is 0 Å². The number of rotatable bonds is 8. The number of alkyl halides is 2. The summed E-state index contributed by atoms with van der Waals surface area (Å²) >= 11 is 0. The predicted octanol–water partition coefficient (Wildman–Crippen LogP) is 2.97. The van der Waals surface area contributed by atoms with E-state index in [1.165, 1.54) is 16.8 Å². The quantitative estimate of drug-likeness (QED) is 0.355. The highest BCUT2D eigenvalue weighted by Gasteiger charge is 2.23. The maximum Gasteiger partial charge on any atom is 0.387 e. The van der Waals surface area contributed by atoms with Gasteiger partial charge in [-0.2, -0.15) is 8.78 Å². The smallest absolute Gasteiger partial charge is 0.387 e. The molecule has 1 amide bonds. The molecule has 0 saturated carbocycles. The molecule has 1 atom stereocenters. The van der Waals surface area contributed by atoms with Crippen molar-refractivity contribution in [1.82, 2.24) is 24.2 Å². The van der Waals surface area contributed by atoms with E-state index in [0.717, 1.165) is 12.0 Å². The molecule has 12 heteroatoms. The van der Waals surface area contributed by atoms with E-state index in [-0.39, 0.29) is 36.4 Å². The van der Waals surface area contributed by atoms with Crippen molar-refractivity contribution >= 4 is 22.8 Å². The van der Waals surface area contributed by atoms with Crippen molar-refractivity contribution in [2.45, 2.75) is 38.6 Å². The van der Waals surface area contributed by atoms with E-state index in [9.17, 15) is 23.5 Å². The van der Waals surface area contributed by atoms with Crippen LogP contribution in [0.5, 0.6) is 5.75 Å². The van der Waals surface area contributed by atoms with Crippen LogP contribution in [0.3, 0.4) is 0 Å². The number of amides is 1. The van der Waals surface area contributed by atoms with Crippen LogP contribution in [0, 0.1) is 0 Å². The maximum atomic E-state index is 13.0. The number of aliphatic hydroxyl groups is 1. The Balaban J connectivity index is 1.44. The molecule has 2 aromatic heterocycles. The summed E-state index contributed by atoms with van der Waals surface area (Å²) in [5.74, 6) is 0.470. The van der Waals surface area contributed by atoms with Crippen LogP contribution < -0.4 is 15.6 Å². The minimum Gasteiger partial charge on any atom is -0.434 e. The summed E-state index contributed by atoms with van der Waals surface area (Å²) in [6.45, 7) is -2.55. The fourth-order valence-corrected chi connectivity index (χ4v) is 4.77. The summed E-state index contributed by atoms with van der Waals surface area (Å²) in [5.41, 5.74) is 2.75. The molecule has 1 aliphatic rings. The highest BCUT2D eigenvalue weighted by molar-refractivity contribution is 5.84. The van der Waals surface area contributed by atoms with Gasteiger partial charge in [-0.05, 0) is 41.8 Å². The first-order valence-electron chi connectivity index (χ1n) is 12.4. The van der Waals surface area contributed by atoms with Gasteiger partial charge in [0.2, 0.25) is 11.9 Å². The summed E-state index contributed by atoms with van der Waals surface area (Å²) < 4.78 is 33.8. The van der Waals surface area contributed by atoms with Gasteiger partial charge in [-0.15, -0.1) is 0 Å². The molecule has 2 aromatic carbocycles. The number of halogens is 2. The van der Waals surface area contributed by atoms with Crippen LogP contribution in [0.25, 0.3) is 22.0 Å². The van der Waals surface area contributed by atoms with E-state index >= 15 is 0 Å². The van der Waals surface area contributed by atoms with Gasteiger partial charge in [0.15, 0.2) is 0 Å². The Morgan fingerprint density at radius 3 is 2.56 bits per heavy atom. The fraction of sp³-hybridized carbons (Fsp3) is 0.333. The molecular weight excluding hydrogens is 510 g/mol. The number of nitrogens with one attached hydrogen (secondary N) is 1. The van der Waals surface area contributed by atoms with Gasteiger partial charge in [0.1, 0.15) is 5.75 Å². The fourth-order valence-electron chi connectivity index (χ4n) is 4.77. The zero-order valence-electron chi connectivity index (χ0n) is 21.5. The van der Waals surface area contributed by atoms with Gasteiger partial charge < -0.3 is 20.1 Å². The van der Waals surface area contributed by atoms with E-state index in [0.29, 0.717) is 46.5 Å². The number of benzene rings is 2. The van der Waals surface area contributed by atoms with E-state index in [1.54, 1.807) is 54.3 Å². The number of hydrogen-bond acceptors (Lipinski definition) is 7. The third-order valence-electron chi connectivity index (χ3n) is 6.98. The molecule has 204 valence electrons. The number of carbonyl (C=O) groups is 1. The van der Waals surface area contributed by atoms with Crippen molar-refractivity contribution in [2.24, 2.45) is 7.05 Å². The molecule has 39 heavy (non-hydrogen) atoms. The lowest BCUT2D eigenvalue weighted by Gasteiger charge is -2.29. The number of hydrogen-bond donors (Lipinski definition) is 2. The lowest BCUT2D eigenvalue weighted by molar-refractivity contribution is -0.132. The van der Waals surface area contributed by atoms with Crippen LogP contribution in [-0.2, 0) is 25.0 Å². The SMILES string of the molecule is CN1CC[C@H](Nc2ncc(-c3ccc4c(=O)n(C)n(Cc5cc(CO)ccc5OC(F)F)c4c3)cn2)CC1=O. The van der Waals surface area contributed by atoms with Crippen LogP contribution in [0.2, 0.25) is 0 Å². The van der Waals surface area contributed by atoms with Gasteiger partial charge in [0, 0.05) is 56.6 Å². The number of piperidine rings is 1. The Bertz CT molecular complexity index is 1570. The van der Waals surface area contributed by atoms with Crippen molar-refractivity contribution in [2.75, 3.05) is 18.9 Å². The van der Waals surface area contributed by atoms with E-state index in [2.05, 4.69) is 20.0 Å². The van der Waals surface area contributed by atoms with Crippen LogP contribution in [0.15, 0.2) is 53.6 Å². The van der Waals surface area contributed by atoms with Gasteiger partial charge in [-0.3, -0.25) is 19.0 Å². The van der Waals surface area contributed by atoms with Crippen molar-refractivity contribution in [3.05, 3.63) is 70.3 Å². The summed E-state index contributed by atoms with van der Waals surface area (Å²) in [6, 6.07) is 9.77. The second kappa shape index (κ2) is 10.8. The summed E-state index contributed by atoms with van der Waals surface area (Å²) in [6.07, 6.45) is 4.52. The Labute approximate surface area is 222 Å². The number of nitrogens with zero attached hydrogens (tertiary/aromatic N) is 5. The number of carbonyl (C=O) groups excluding carboxylic acids is 1. The van der Waals surface area contributed by atoms with Gasteiger partial charge >= 0.3 is 6.61 Å². The molecule has 0 aliphatic carbocycles. The molecule has 0 spiro atoms. The Morgan fingerprint density at radius 1 is 1.10 bits per heavy atom. The number of likely N-dealkylation sites (tertiary alicyclic amines) is 1. The minimum absolute atomic E-state index is 0.0297. The van der Waals surface area contributed by atoms with E-state index < -0.39 is 6.61 Å². The Morgan fingerprint density at radius 2 is 1.87 bits per heavy atom. The van der Waals surface area contributed by atoms with E-state index in [1.807, 2.05) is 6.07 Å². The maximum absolute atomic E-state index is 13.0. The third-order valence-corrected chi connectivity index (χ3v) is 6.98. The highest BCUT2D eigenvalue weighted by Crippen LogP contribution is 2.27. The van der Waals surface area contributed by atoms with Gasteiger partial charge in [-0.25, -0.2) is 9.97 Å². The van der Waals surface area contributed by atoms with Crippen LogP contribution in [-0.4, -0.2) is 61.5 Å². The lowest BCUT2D eigenvalue weighted by Crippen LogP contribution is -2.41. The Hall–Kier alpha value is -4.32. The summed E-state index contributed by atoms with van der Waals surface area (Å²) in [5, 5.41) is 13.2. The number of aliphatic hydroxyl groups excluding tert-OH is 1. The number of fused-ring (bicyclic) bond motifs is 1. The molecular formula is C27H28F2N6O4. The zero-order chi connectivity index (χ0) is 27.7. The largest absolute Gasteiger partial charge is 0.434 e. The third kappa shape index (κ3) is 5.46. The molecule has 0 bridgehead atoms. The predicted molar refractivity (Wildman–Crippen MR) is 141 cm³/mol. The zero-order valence-corrected chi connectivity index (χ0v) is 21.5. The Kier molecular flexibility index (Phi) is 7.29. The lowest BCUT2D eigenvalue weighted by atomic mass is 10.1. The molecule has 0 radical (unpaired) electrons. The molecule has 2 N–H and O–H groups in total. The number of ether oxygens (including phenoxy) is 1. The average Bonchev–Trinajstić information content (AvgIpc) is 3.16. The molecule has 0 unspecified atom stereocenters. The summed E-state index contributed by atoms with van der Waals surface area (Å²) in [7, 11) is 3.39. The first kappa shape index (κ1) is 26.3. The van der Waals surface area contributed by atoms with Crippen molar-refractivity contribution < 1.29 is 23.4 Å². The normalized spacial score (nSPS) is 15.8. The van der Waals surface area contributed by atoms with Gasteiger partial charge in [0.05, 0.1) is 24.1 Å². The number of anilines is 1. The van der Waals surface area contributed by atoms with Gasteiger partial charge in [0.25, 0.3) is 5.56 Å². The topological polar surface area (TPSA) is 115 Å². The molecule has 4 aromatic rings. The second-order valence-corrected chi connectivity index (χ2v) is 9.54. The van der Waals surface area contributed by atoms with Crippen LogP contribution in [0.1, 0.15) is 24.0 Å². The standard InChI is InChI=1S/C27H28F2N6O4/c1-33-8-7-20(11-24(33)37)32-27-30-12-19(13-31-27)17-4-5-21-22(10-17)35(34(2)25(21)38)14-18-9-16(15-36)3-6-23(18)39-26(28)29/h3-6,9-10,12-13,20,26,36H,7-8,11,14-15H2,1-2H3,(H,30,31,32)/t20-/m0/s1. The number of aromatic nitrogens is 4. The molecule has 3 heterocycles. The van der Waals surface area contributed by atoms with Crippen molar-refractivity contribution in [3.8, 4) is 16.9 Å². The monoisotopic (exact) mass is 538 g/mol. The van der Waals surface area contributed by atoms with Gasteiger partial charge in [-0.1, -0.05) is 12.1 Å². The molecule has 1 aliphatic heterocycles. The highest BCUT2D eigenvalue weighted by atomic mass is 19.3. The molecule has 5 rings (SSSR count). The molecule has 1 fully saturated rings. The average molecular weight is 539 g/mol.